The summed E-state index contributed by atoms with van der Waals surface area (Å²) in [6.45, 7) is 7.41. The van der Waals surface area contributed by atoms with E-state index in [1.54, 1.807) is 11.3 Å². The molecule has 0 radical (unpaired) electrons. The summed E-state index contributed by atoms with van der Waals surface area (Å²) in [6, 6.07) is 9.92. The predicted octanol–water partition coefficient (Wildman–Crippen LogP) is 4.34. The average Bonchev–Trinajstić information content (AvgIpc) is 3.20. The van der Waals surface area contributed by atoms with E-state index in [-0.39, 0.29) is 0 Å². The molecule has 0 bridgehead atoms. The highest BCUT2D eigenvalue weighted by molar-refractivity contribution is 7.07. The van der Waals surface area contributed by atoms with Crippen LogP contribution in [0, 0.1) is 6.92 Å². The molecule has 1 aromatic carbocycles. The second-order valence-corrected chi connectivity index (χ2v) is 6.66. The van der Waals surface area contributed by atoms with Crippen molar-refractivity contribution in [1.29, 1.82) is 0 Å². The topological polar surface area (TPSA) is 15.3 Å². The molecule has 0 aliphatic heterocycles. The van der Waals surface area contributed by atoms with Gasteiger partial charge in [-0.2, -0.15) is 11.3 Å². The van der Waals surface area contributed by atoms with Crippen molar-refractivity contribution in [2.75, 3.05) is 11.4 Å². The van der Waals surface area contributed by atoms with Crippen molar-refractivity contribution < 1.29 is 0 Å². The molecule has 1 fully saturated rings. The lowest BCUT2D eigenvalue weighted by Crippen LogP contribution is -2.25. The molecule has 3 heteroatoms. The molecule has 1 N–H and O–H groups in total. The number of hydrogen-bond acceptors (Lipinski definition) is 3. The van der Waals surface area contributed by atoms with Crippen LogP contribution in [0.25, 0.3) is 0 Å². The fourth-order valence-corrected chi connectivity index (χ4v) is 3.37. The van der Waals surface area contributed by atoms with Gasteiger partial charge in [-0.25, -0.2) is 0 Å². The smallest absolute Gasteiger partial charge is 0.0440 e. The Bertz CT molecular complexity index is 573. The zero-order chi connectivity index (χ0) is 14.7. The minimum Gasteiger partial charge on any atom is -0.364 e. The molecule has 1 aliphatic carbocycles. The van der Waals surface area contributed by atoms with Crippen LogP contribution in [-0.4, -0.2) is 12.6 Å². The molecule has 1 saturated carbocycles. The minimum atomic E-state index is 0.740. The van der Waals surface area contributed by atoms with E-state index in [0.29, 0.717) is 0 Å². The number of anilines is 1. The number of benzene rings is 1. The summed E-state index contributed by atoms with van der Waals surface area (Å²) in [6.07, 6.45) is 2.67. The summed E-state index contributed by atoms with van der Waals surface area (Å²) in [5, 5.41) is 7.85. The van der Waals surface area contributed by atoms with Gasteiger partial charge in [0.1, 0.15) is 0 Å². The van der Waals surface area contributed by atoms with E-state index < -0.39 is 0 Å². The highest BCUT2D eigenvalue weighted by Crippen LogP contribution is 2.34. The zero-order valence-corrected chi connectivity index (χ0v) is 13.7. The Balaban J connectivity index is 1.77. The third kappa shape index (κ3) is 3.66. The van der Waals surface area contributed by atoms with Gasteiger partial charge < -0.3 is 10.2 Å². The summed E-state index contributed by atoms with van der Waals surface area (Å²) < 4.78 is 0. The van der Waals surface area contributed by atoms with Gasteiger partial charge in [-0.3, -0.25) is 0 Å². The first-order chi connectivity index (χ1) is 10.3. The van der Waals surface area contributed by atoms with E-state index in [4.69, 9.17) is 0 Å². The summed E-state index contributed by atoms with van der Waals surface area (Å²) >= 11 is 1.79. The van der Waals surface area contributed by atoms with Crippen LogP contribution in [0.4, 0.5) is 5.69 Å². The normalized spacial score (nSPS) is 14.4. The molecule has 0 unspecified atom stereocenters. The number of thiophene rings is 1. The Labute approximate surface area is 131 Å². The summed E-state index contributed by atoms with van der Waals surface area (Å²) in [5.74, 6) is 0. The fraction of sp³-hybridized carbons (Fsp3) is 0.444. The summed E-state index contributed by atoms with van der Waals surface area (Å²) in [4.78, 5) is 2.58. The molecule has 0 spiro atoms. The Kier molecular flexibility index (Phi) is 4.61. The van der Waals surface area contributed by atoms with Crippen molar-refractivity contribution in [2.24, 2.45) is 0 Å². The standard InChI is InChI=1S/C18H24N2S/c1-3-19-11-16-4-5-18(10-14(16)2)20(17-6-7-17)12-15-8-9-21-13-15/h4-5,8-10,13,17,19H,3,6-7,11-12H2,1-2H3. The second kappa shape index (κ2) is 6.63. The van der Waals surface area contributed by atoms with Crippen LogP contribution in [0.2, 0.25) is 0 Å². The van der Waals surface area contributed by atoms with Crippen LogP contribution in [0.3, 0.4) is 0 Å². The van der Waals surface area contributed by atoms with Gasteiger partial charge in [0, 0.05) is 24.8 Å². The van der Waals surface area contributed by atoms with Crippen molar-refractivity contribution >= 4 is 17.0 Å². The van der Waals surface area contributed by atoms with E-state index in [1.165, 1.54) is 35.2 Å². The third-order valence-electron chi connectivity index (χ3n) is 4.14. The number of nitrogens with zero attached hydrogens (tertiary/aromatic N) is 1. The average molecular weight is 300 g/mol. The summed E-state index contributed by atoms with van der Waals surface area (Å²) in [5.41, 5.74) is 5.61. The van der Waals surface area contributed by atoms with Gasteiger partial charge in [0.25, 0.3) is 0 Å². The van der Waals surface area contributed by atoms with Crippen molar-refractivity contribution in [1.82, 2.24) is 5.32 Å². The first kappa shape index (κ1) is 14.6. The first-order valence-electron chi connectivity index (χ1n) is 7.86. The van der Waals surface area contributed by atoms with E-state index in [1.807, 2.05) is 0 Å². The predicted molar refractivity (Wildman–Crippen MR) is 92.1 cm³/mol. The molecule has 0 atom stereocenters. The third-order valence-corrected chi connectivity index (χ3v) is 4.88. The molecule has 3 rings (SSSR count). The van der Waals surface area contributed by atoms with Crippen molar-refractivity contribution in [2.45, 2.75) is 45.8 Å². The minimum absolute atomic E-state index is 0.740. The number of rotatable bonds is 7. The Hall–Kier alpha value is -1.32. The van der Waals surface area contributed by atoms with E-state index in [2.05, 4.69) is 59.1 Å². The van der Waals surface area contributed by atoms with Crippen LogP contribution in [0.1, 0.15) is 36.5 Å². The van der Waals surface area contributed by atoms with Crippen LogP contribution >= 0.6 is 11.3 Å². The quantitative estimate of drug-likeness (QED) is 0.818. The Morgan fingerprint density at radius 1 is 1.29 bits per heavy atom. The second-order valence-electron chi connectivity index (χ2n) is 5.88. The zero-order valence-electron chi connectivity index (χ0n) is 12.9. The molecule has 1 heterocycles. The van der Waals surface area contributed by atoms with Crippen LogP contribution < -0.4 is 10.2 Å². The van der Waals surface area contributed by atoms with Crippen molar-refractivity contribution in [3.8, 4) is 0 Å². The Morgan fingerprint density at radius 3 is 2.76 bits per heavy atom. The molecule has 2 nitrogen and oxygen atoms in total. The molecule has 112 valence electrons. The largest absolute Gasteiger partial charge is 0.364 e. The lowest BCUT2D eigenvalue weighted by Gasteiger charge is -2.25. The maximum Gasteiger partial charge on any atom is 0.0440 e. The maximum atomic E-state index is 3.41. The highest BCUT2D eigenvalue weighted by Gasteiger charge is 2.29. The van der Waals surface area contributed by atoms with Crippen molar-refractivity contribution in [3.05, 3.63) is 51.7 Å². The van der Waals surface area contributed by atoms with Gasteiger partial charge in [-0.05, 0) is 72.0 Å². The monoisotopic (exact) mass is 300 g/mol. The van der Waals surface area contributed by atoms with Gasteiger partial charge in [0.05, 0.1) is 0 Å². The lowest BCUT2D eigenvalue weighted by atomic mass is 10.1. The lowest BCUT2D eigenvalue weighted by molar-refractivity contribution is 0.722. The van der Waals surface area contributed by atoms with Gasteiger partial charge in [0.15, 0.2) is 0 Å². The molecule has 1 aromatic heterocycles. The summed E-state index contributed by atoms with van der Waals surface area (Å²) in [7, 11) is 0. The molecular formula is C18H24N2S. The van der Waals surface area contributed by atoms with E-state index in [0.717, 1.165) is 25.7 Å². The SMILES string of the molecule is CCNCc1ccc(N(Cc2ccsc2)C2CC2)cc1C. The fourth-order valence-electron chi connectivity index (χ4n) is 2.71. The van der Waals surface area contributed by atoms with Gasteiger partial charge in [-0.1, -0.05) is 13.0 Å². The van der Waals surface area contributed by atoms with Crippen LogP contribution in [0.15, 0.2) is 35.0 Å². The molecule has 2 aromatic rings. The van der Waals surface area contributed by atoms with Gasteiger partial charge in [-0.15, -0.1) is 0 Å². The molecule has 0 amide bonds. The molecule has 21 heavy (non-hydrogen) atoms. The number of nitrogens with one attached hydrogen (secondary N) is 1. The highest BCUT2D eigenvalue weighted by atomic mass is 32.1. The van der Waals surface area contributed by atoms with Gasteiger partial charge in [0.2, 0.25) is 0 Å². The number of hydrogen-bond donors (Lipinski definition) is 1. The van der Waals surface area contributed by atoms with Crippen LogP contribution in [-0.2, 0) is 13.1 Å². The van der Waals surface area contributed by atoms with Crippen LogP contribution in [0.5, 0.6) is 0 Å². The van der Waals surface area contributed by atoms with Gasteiger partial charge >= 0.3 is 0 Å². The first-order valence-corrected chi connectivity index (χ1v) is 8.80. The molecule has 0 saturated heterocycles. The molecular weight excluding hydrogens is 276 g/mol. The van der Waals surface area contributed by atoms with Crippen molar-refractivity contribution in [3.63, 3.8) is 0 Å². The van der Waals surface area contributed by atoms with E-state index in [9.17, 15) is 0 Å². The molecule has 1 aliphatic rings. The Morgan fingerprint density at radius 2 is 2.14 bits per heavy atom. The maximum absolute atomic E-state index is 3.41. The number of aryl methyl sites for hydroxylation is 1. The van der Waals surface area contributed by atoms with E-state index >= 15 is 0 Å².